The molecule has 0 aliphatic carbocycles. The van der Waals surface area contributed by atoms with E-state index in [1.54, 1.807) is 6.07 Å². The minimum absolute atomic E-state index is 0.119. The highest BCUT2D eigenvalue weighted by molar-refractivity contribution is 5.89. The van der Waals surface area contributed by atoms with Crippen LogP contribution in [0, 0.1) is 0 Å². The average Bonchev–Trinajstić information content (AvgIpc) is 2.63. The van der Waals surface area contributed by atoms with Crippen molar-refractivity contribution in [3.8, 4) is 11.3 Å². The van der Waals surface area contributed by atoms with Gasteiger partial charge in [0.05, 0.1) is 18.9 Å². The Bertz CT molecular complexity index is 943. The first-order valence-corrected chi connectivity index (χ1v) is 8.07. The number of morpholine rings is 1. The molecule has 5 heteroatoms. The molecule has 24 heavy (non-hydrogen) atoms. The molecule has 2 aromatic carbocycles. The lowest BCUT2D eigenvalue weighted by atomic mass is 10.0. The molecule has 1 aromatic heterocycles. The third-order valence-electron chi connectivity index (χ3n) is 4.42. The van der Waals surface area contributed by atoms with E-state index in [9.17, 15) is 4.79 Å². The van der Waals surface area contributed by atoms with E-state index >= 15 is 0 Å². The number of pyridine rings is 1. The smallest absolute Gasteiger partial charge is 0.256 e. The zero-order valence-corrected chi connectivity index (χ0v) is 13.3. The van der Waals surface area contributed by atoms with E-state index in [1.165, 1.54) is 0 Å². The monoisotopic (exact) mass is 321 g/mol. The van der Waals surface area contributed by atoms with Crippen LogP contribution in [0.15, 0.2) is 53.3 Å². The largest absolute Gasteiger partial charge is 0.399 e. The summed E-state index contributed by atoms with van der Waals surface area (Å²) < 4.78 is 5.44. The number of hydrogen-bond acceptors (Lipinski definition) is 4. The molecule has 0 unspecified atom stereocenters. The Balaban J connectivity index is 1.86. The molecular weight excluding hydrogens is 302 g/mol. The number of nitrogens with zero attached hydrogens (tertiary/aromatic N) is 1. The SMILES string of the molecule is Nc1ccc2cc(-c3ccccc3N3CCOCC3)[nH]c(=O)c2c1. The molecule has 1 aliphatic heterocycles. The second-order valence-electron chi connectivity index (χ2n) is 5.98. The third-order valence-corrected chi connectivity index (χ3v) is 4.42. The van der Waals surface area contributed by atoms with E-state index in [0.717, 1.165) is 48.6 Å². The number of H-pyrrole nitrogens is 1. The van der Waals surface area contributed by atoms with Crippen molar-refractivity contribution in [1.29, 1.82) is 0 Å². The predicted molar refractivity (Wildman–Crippen MR) is 97.4 cm³/mol. The van der Waals surface area contributed by atoms with Gasteiger partial charge in [-0.1, -0.05) is 24.3 Å². The summed E-state index contributed by atoms with van der Waals surface area (Å²) in [7, 11) is 0. The van der Waals surface area contributed by atoms with Crippen molar-refractivity contribution < 1.29 is 4.74 Å². The fourth-order valence-electron chi connectivity index (χ4n) is 3.20. The lowest BCUT2D eigenvalue weighted by Gasteiger charge is -2.30. The third kappa shape index (κ3) is 2.63. The van der Waals surface area contributed by atoms with Crippen LogP contribution >= 0.6 is 0 Å². The number of aromatic nitrogens is 1. The van der Waals surface area contributed by atoms with Crippen molar-refractivity contribution in [3.05, 3.63) is 58.9 Å². The summed E-state index contributed by atoms with van der Waals surface area (Å²) in [5.74, 6) is 0. The van der Waals surface area contributed by atoms with Crippen molar-refractivity contribution in [1.82, 2.24) is 4.98 Å². The van der Waals surface area contributed by atoms with Crippen LogP contribution in [0.4, 0.5) is 11.4 Å². The molecule has 122 valence electrons. The summed E-state index contributed by atoms with van der Waals surface area (Å²) in [6.07, 6.45) is 0. The summed E-state index contributed by atoms with van der Waals surface area (Å²) >= 11 is 0. The number of ether oxygens (including phenoxy) is 1. The van der Waals surface area contributed by atoms with Crippen LogP contribution in [0.25, 0.3) is 22.0 Å². The van der Waals surface area contributed by atoms with Crippen LogP contribution in [0.2, 0.25) is 0 Å². The van der Waals surface area contributed by atoms with Gasteiger partial charge in [-0.3, -0.25) is 4.79 Å². The number of hydrogen-bond donors (Lipinski definition) is 2. The van der Waals surface area contributed by atoms with Crippen molar-refractivity contribution in [2.75, 3.05) is 36.9 Å². The summed E-state index contributed by atoms with van der Waals surface area (Å²) in [4.78, 5) is 17.8. The van der Waals surface area contributed by atoms with Gasteiger partial charge >= 0.3 is 0 Å². The first-order valence-electron chi connectivity index (χ1n) is 8.07. The van der Waals surface area contributed by atoms with Crippen LogP contribution < -0.4 is 16.2 Å². The normalized spacial score (nSPS) is 14.9. The fraction of sp³-hybridized carbons (Fsp3) is 0.211. The second-order valence-corrected chi connectivity index (χ2v) is 5.98. The molecule has 1 aliphatic rings. The van der Waals surface area contributed by atoms with Gasteiger partial charge in [-0.15, -0.1) is 0 Å². The van der Waals surface area contributed by atoms with Crippen molar-refractivity contribution in [2.45, 2.75) is 0 Å². The molecule has 0 radical (unpaired) electrons. The molecule has 5 nitrogen and oxygen atoms in total. The van der Waals surface area contributed by atoms with Gasteiger partial charge in [0.25, 0.3) is 5.56 Å². The first kappa shape index (κ1) is 14.8. The van der Waals surface area contributed by atoms with Gasteiger partial charge < -0.3 is 20.4 Å². The van der Waals surface area contributed by atoms with Gasteiger partial charge in [0.15, 0.2) is 0 Å². The van der Waals surface area contributed by atoms with Crippen LogP contribution in [0.1, 0.15) is 0 Å². The second kappa shape index (κ2) is 6.02. The molecule has 1 fully saturated rings. The van der Waals surface area contributed by atoms with Gasteiger partial charge in [-0.25, -0.2) is 0 Å². The molecule has 3 N–H and O–H groups in total. The molecule has 3 aromatic rings. The van der Waals surface area contributed by atoms with Gasteiger partial charge in [0, 0.05) is 35.4 Å². The highest BCUT2D eigenvalue weighted by Gasteiger charge is 2.16. The molecular formula is C19H19N3O2. The number of rotatable bonds is 2. The van der Waals surface area contributed by atoms with E-state index in [-0.39, 0.29) is 5.56 Å². The van der Waals surface area contributed by atoms with E-state index in [0.29, 0.717) is 11.1 Å². The minimum atomic E-state index is -0.119. The quantitative estimate of drug-likeness (QED) is 0.712. The zero-order chi connectivity index (χ0) is 16.5. The first-order chi connectivity index (χ1) is 11.7. The Morgan fingerprint density at radius 3 is 2.67 bits per heavy atom. The number of fused-ring (bicyclic) bond motifs is 1. The lowest BCUT2D eigenvalue weighted by molar-refractivity contribution is 0.123. The average molecular weight is 321 g/mol. The molecule has 4 rings (SSSR count). The summed E-state index contributed by atoms with van der Waals surface area (Å²) in [5, 5.41) is 1.50. The number of nitrogens with two attached hydrogens (primary N) is 1. The van der Waals surface area contributed by atoms with Crippen molar-refractivity contribution >= 4 is 22.1 Å². The van der Waals surface area contributed by atoms with Gasteiger partial charge in [0.1, 0.15) is 0 Å². The molecule has 0 amide bonds. The molecule has 0 spiro atoms. The van der Waals surface area contributed by atoms with Crippen LogP contribution in [-0.4, -0.2) is 31.3 Å². The highest BCUT2D eigenvalue weighted by Crippen LogP contribution is 2.31. The zero-order valence-electron chi connectivity index (χ0n) is 13.3. The maximum atomic E-state index is 12.5. The van der Waals surface area contributed by atoms with E-state index in [4.69, 9.17) is 10.5 Å². The number of anilines is 2. The number of nitrogens with one attached hydrogen (secondary N) is 1. The van der Waals surface area contributed by atoms with Crippen LogP contribution in [-0.2, 0) is 4.74 Å². The summed E-state index contributed by atoms with van der Waals surface area (Å²) in [5.41, 5.74) is 9.22. The van der Waals surface area contributed by atoms with Crippen molar-refractivity contribution in [2.24, 2.45) is 0 Å². The number of nitrogen functional groups attached to an aromatic ring is 1. The van der Waals surface area contributed by atoms with E-state index in [2.05, 4.69) is 16.0 Å². The number of para-hydroxylation sites is 1. The van der Waals surface area contributed by atoms with Gasteiger partial charge in [-0.05, 0) is 29.7 Å². The highest BCUT2D eigenvalue weighted by atomic mass is 16.5. The Morgan fingerprint density at radius 2 is 1.83 bits per heavy atom. The van der Waals surface area contributed by atoms with Gasteiger partial charge in [-0.2, -0.15) is 0 Å². The minimum Gasteiger partial charge on any atom is -0.399 e. The van der Waals surface area contributed by atoms with Crippen LogP contribution in [0.3, 0.4) is 0 Å². The Hall–Kier alpha value is -2.79. The number of benzene rings is 2. The lowest BCUT2D eigenvalue weighted by Crippen LogP contribution is -2.36. The maximum absolute atomic E-state index is 12.5. The van der Waals surface area contributed by atoms with E-state index in [1.807, 2.05) is 36.4 Å². The van der Waals surface area contributed by atoms with E-state index < -0.39 is 0 Å². The maximum Gasteiger partial charge on any atom is 0.256 e. The molecule has 2 heterocycles. The predicted octanol–water partition coefficient (Wildman–Crippen LogP) is 2.61. The molecule has 0 bridgehead atoms. The summed E-state index contributed by atoms with van der Waals surface area (Å²) in [6.45, 7) is 3.15. The fourth-order valence-corrected chi connectivity index (χ4v) is 3.20. The molecule has 0 saturated carbocycles. The number of aromatic amines is 1. The molecule has 0 atom stereocenters. The topological polar surface area (TPSA) is 71.3 Å². The Labute approximate surface area is 139 Å². The Kier molecular flexibility index (Phi) is 3.70. The van der Waals surface area contributed by atoms with Crippen LogP contribution in [0.5, 0.6) is 0 Å². The Morgan fingerprint density at radius 1 is 1.04 bits per heavy atom. The van der Waals surface area contributed by atoms with Gasteiger partial charge in [0.2, 0.25) is 0 Å². The summed E-state index contributed by atoms with van der Waals surface area (Å²) in [6, 6.07) is 15.6. The molecule has 1 saturated heterocycles. The standard InChI is InChI=1S/C19H19N3O2/c20-14-6-5-13-11-17(21-19(23)16(13)12-14)15-3-1-2-4-18(15)22-7-9-24-10-8-22/h1-6,11-12H,7-10,20H2,(H,21,23). The van der Waals surface area contributed by atoms with Crippen molar-refractivity contribution in [3.63, 3.8) is 0 Å².